The quantitative estimate of drug-likeness (QED) is 0.544. The molecule has 0 amide bonds. The third-order valence-corrected chi connectivity index (χ3v) is 2.71. The van der Waals surface area contributed by atoms with E-state index >= 15 is 0 Å². The van der Waals surface area contributed by atoms with Gasteiger partial charge in [-0.3, -0.25) is 0 Å². The molecule has 0 unspecified atom stereocenters. The van der Waals surface area contributed by atoms with Crippen LogP contribution in [0.1, 0.15) is 11.3 Å². The Morgan fingerprint density at radius 2 is 2.14 bits per heavy atom. The van der Waals surface area contributed by atoms with Crippen molar-refractivity contribution < 1.29 is 4.39 Å². The van der Waals surface area contributed by atoms with Crippen LogP contribution >= 0.6 is 12.2 Å². The topological polar surface area (TPSA) is 31.6 Å². The summed E-state index contributed by atoms with van der Waals surface area (Å²) in [5, 5.41) is 0. The van der Waals surface area contributed by atoms with E-state index in [4.69, 9.17) is 12.2 Å². The molecule has 2 aromatic rings. The van der Waals surface area contributed by atoms with Crippen molar-refractivity contribution >= 4 is 12.2 Å². The fourth-order valence-corrected chi connectivity index (χ4v) is 2.15. The van der Waals surface area contributed by atoms with Gasteiger partial charge in [-0.1, -0.05) is 0 Å². The van der Waals surface area contributed by atoms with E-state index in [-0.39, 0.29) is 5.82 Å². The monoisotopic (exact) mass is 206 g/mol. The van der Waals surface area contributed by atoms with Gasteiger partial charge in [0.1, 0.15) is 5.82 Å². The second-order valence-corrected chi connectivity index (χ2v) is 3.82. The first kappa shape index (κ1) is 7.94. The number of aromatic amines is 2. The van der Waals surface area contributed by atoms with Crippen LogP contribution in [0.15, 0.2) is 18.2 Å². The number of benzene rings is 1. The molecule has 2 nitrogen and oxygen atoms in total. The molecule has 1 heterocycles. The summed E-state index contributed by atoms with van der Waals surface area (Å²) in [6, 6.07) is 4.83. The van der Waals surface area contributed by atoms with Gasteiger partial charge in [-0.25, -0.2) is 4.39 Å². The fourth-order valence-electron chi connectivity index (χ4n) is 1.93. The predicted octanol–water partition coefficient (Wildman–Crippen LogP) is 2.78. The highest BCUT2D eigenvalue weighted by Gasteiger charge is 2.20. The van der Waals surface area contributed by atoms with Crippen molar-refractivity contribution in [3.63, 3.8) is 0 Å². The zero-order valence-electron chi connectivity index (χ0n) is 7.23. The van der Waals surface area contributed by atoms with Crippen molar-refractivity contribution in [2.24, 2.45) is 0 Å². The summed E-state index contributed by atoms with van der Waals surface area (Å²) in [5.41, 5.74) is 4.12. The maximum atomic E-state index is 12.9. The van der Waals surface area contributed by atoms with E-state index in [0.717, 1.165) is 28.9 Å². The molecule has 1 aromatic carbocycles. The molecule has 0 atom stereocenters. The number of imidazole rings is 1. The molecule has 1 aromatic heterocycles. The Balaban J connectivity index is 2.30. The van der Waals surface area contributed by atoms with Gasteiger partial charge in [-0.05, 0) is 36.0 Å². The van der Waals surface area contributed by atoms with E-state index < -0.39 is 0 Å². The van der Waals surface area contributed by atoms with Gasteiger partial charge in [-0.15, -0.1) is 0 Å². The molecule has 70 valence electrons. The van der Waals surface area contributed by atoms with Crippen molar-refractivity contribution in [1.29, 1.82) is 0 Å². The summed E-state index contributed by atoms with van der Waals surface area (Å²) < 4.78 is 13.6. The third kappa shape index (κ3) is 0.974. The largest absolute Gasteiger partial charge is 0.334 e. The average Bonchev–Trinajstić information content (AvgIpc) is 2.59. The van der Waals surface area contributed by atoms with Crippen LogP contribution in [0.25, 0.3) is 11.3 Å². The summed E-state index contributed by atoms with van der Waals surface area (Å²) >= 11 is 4.99. The highest BCUT2D eigenvalue weighted by molar-refractivity contribution is 7.71. The molecule has 4 heteroatoms. The maximum absolute atomic E-state index is 12.9. The van der Waals surface area contributed by atoms with Gasteiger partial charge >= 0.3 is 0 Å². The van der Waals surface area contributed by atoms with Crippen molar-refractivity contribution in [3.8, 4) is 11.3 Å². The molecule has 14 heavy (non-hydrogen) atoms. The molecular formula is C10H7FN2S. The Hall–Kier alpha value is -1.42. The zero-order chi connectivity index (χ0) is 9.71. The Kier molecular flexibility index (Phi) is 1.44. The van der Waals surface area contributed by atoms with Gasteiger partial charge in [0.15, 0.2) is 4.77 Å². The van der Waals surface area contributed by atoms with Crippen LogP contribution in [-0.2, 0) is 6.42 Å². The molecule has 0 spiro atoms. The lowest BCUT2D eigenvalue weighted by atomic mass is 10.1. The Bertz CT molecular complexity index is 568. The minimum absolute atomic E-state index is 0.187. The standard InChI is InChI=1S/C10H7FN2S/c11-6-1-2-7-5(3-6)4-8-9(7)13-10(14)12-8/h1-3H,4H2,(H2,12,13,14). The highest BCUT2D eigenvalue weighted by atomic mass is 32.1. The van der Waals surface area contributed by atoms with Gasteiger partial charge in [0.2, 0.25) is 0 Å². The summed E-state index contributed by atoms with van der Waals surface area (Å²) in [4.78, 5) is 6.13. The van der Waals surface area contributed by atoms with Crippen molar-refractivity contribution in [2.45, 2.75) is 6.42 Å². The van der Waals surface area contributed by atoms with E-state index in [1.54, 1.807) is 12.1 Å². The van der Waals surface area contributed by atoms with Crippen LogP contribution in [0.2, 0.25) is 0 Å². The number of rotatable bonds is 0. The zero-order valence-corrected chi connectivity index (χ0v) is 8.04. The first-order valence-electron chi connectivity index (χ1n) is 4.34. The van der Waals surface area contributed by atoms with Gasteiger partial charge < -0.3 is 9.97 Å². The minimum atomic E-state index is -0.187. The molecule has 1 aliphatic carbocycles. The van der Waals surface area contributed by atoms with E-state index in [1.807, 2.05) is 0 Å². The lowest BCUT2D eigenvalue weighted by Crippen LogP contribution is -1.84. The van der Waals surface area contributed by atoms with Crippen molar-refractivity contribution in [1.82, 2.24) is 9.97 Å². The fraction of sp³-hybridized carbons (Fsp3) is 0.100. The van der Waals surface area contributed by atoms with Crippen molar-refractivity contribution in [2.75, 3.05) is 0 Å². The maximum Gasteiger partial charge on any atom is 0.175 e. The Morgan fingerprint density at radius 3 is 3.00 bits per heavy atom. The number of aromatic nitrogens is 2. The smallest absolute Gasteiger partial charge is 0.175 e. The van der Waals surface area contributed by atoms with Crippen LogP contribution in [0.5, 0.6) is 0 Å². The molecule has 0 radical (unpaired) electrons. The Labute approximate surface area is 84.8 Å². The predicted molar refractivity (Wildman–Crippen MR) is 54.2 cm³/mol. The molecule has 1 aliphatic rings. The van der Waals surface area contributed by atoms with E-state index in [1.165, 1.54) is 6.07 Å². The van der Waals surface area contributed by atoms with Gasteiger partial charge in [0, 0.05) is 17.7 Å². The molecule has 2 N–H and O–H groups in total. The van der Waals surface area contributed by atoms with Crippen LogP contribution in [-0.4, -0.2) is 9.97 Å². The highest BCUT2D eigenvalue weighted by Crippen LogP contribution is 2.34. The molecule has 0 saturated heterocycles. The first-order chi connectivity index (χ1) is 6.74. The van der Waals surface area contributed by atoms with Gasteiger partial charge in [0.25, 0.3) is 0 Å². The second-order valence-electron chi connectivity index (χ2n) is 3.41. The van der Waals surface area contributed by atoms with E-state index in [9.17, 15) is 4.39 Å². The Morgan fingerprint density at radius 1 is 1.29 bits per heavy atom. The number of hydrogen-bond acceptors (Lipinski definition) is 1. The van der Waals surface area contributed by atoms with Crippen LogP contribution < -0.4 is 0 Å². The van der Waals surface area contributed by atoms with Crippen LogP contribution in [0.4, 0.5) is 4.39 Å². The lowest BCUT2D eigenvalue weighted by molar-refractivity contribution is 0.626. The van der Waals surface area contributed by atoms with E-state index in [0.29, 0.717) is 4.77 Å². The number of halogens is 1. The number of nitrogens with one attached hydrogen (secondary N) is 2. The molecule has 0 fully saturated rings. The number of hydrogen-bond donors (Lipinski definition) is 2. The minimum Gasteiger partial charge on any atom is -0.334 e. The lowest BCUT2D eigenvalue weighted by Gasteiger charge is -1.97. The second kappa shape index (κ2) is 2.54. The SMILES string of the molecule is Fc1ccc2c(c1)Cc1[nH]c(=S)[nH]c1-2. The summed E-state index contributed by atoms with van der Waals surface area (Å²) in [6.45, 7) is 0. The summed E-state index contributed by atoms with van der Waals surface area (Å²) in [7, 11) is 0. The average molecular weight is 206 g/mol. The molecule has 0 aliphatic heterocycles. The summed E-state index contributed by atoms with van der Waals surface area (Å²) in [6.07, 6.45) is 0.732. The molecule has 0 saturated carbocycles. The van der Waals surface area contributed by atoms with Crippen molar-refractivity contribution in [3.05, 3.63) is 40.0 Å². The molecular weight excluding hydrogens is 199 g/mol. The third-order valence-electron chi connectivity index (χ3n) is 2.51. The van der Waals surface area contributed by atoms with Crippen LogP contribution in [0.3, 0.4) is 0 Å². The summed E-state index contributed by atoms with van der Waals surface area (Å²) in [5.74, 6) is -0.187. The van der Waals surface area contributed by atoms with E-state index in [2.05, 4.69) is 9.97 Å². The van der Waals surface area contributed by atoms with Crippen LogP contribution in [0, 0.1) is 10.6 Å². The number of H-pyrrole nitrogens is 2. The number of fused-ring (bicyclic) bond motifs is 3. The molecule has 3 rings (SSSR count). The molecule has 0 bridgehead atoms. The van der Waals surface area contributed by atoms with Gasteiger partial charge in [0.05, 0.1) is 5.69 Å². The van der Waals surface area contributed by atoms with Gasteiger partial charge in [-0.2, -0.15) is 0 Å². The first-order valence-corrected chi connectivity index (χ1v) is 4.75. The normalized spacial score (nSPS) is 12.6.